The third-order valence-electron chi connectivity index (χ3n) is 3.03. The molecule has 1 fully saturated rings. The second-order valence-electron chi connectivity index (χ2n) is 4.35. The van der Waals surface area contributed by atoms with Crippen LogP contribution in [0.15, 0.2) is 5.38 Å². The van der Waals surface area contributed by atoms with Crippen molar-refractivity contribution >= 4 is 17.3 Å². The van der Waals surface area contributed by atoms with Crippen LogP contribution >= 0.6 is 11.3 Å². The number of likely N-dealkylation sites (tertiary alicyclic amines) is 1. The molecule has 1 atom stereocenters. The third-order valence-corrected chi connectivity index (χ3v) is 3.91. The van der Waals surface area contributed by atoms with E-state index in [0.29, 0.717) is 12.5 Å². The van der Waals surface area contributed by atoms with Crippen LogP contribution in [-0.2, 0) is 6.54 Å². The molecule has 2 rings (SSSR count). The van der Waals surface area contributed by atoms with Gasteiger partial charge in [-0.25, -0.2) is 9.78 Å². The van der Waals surface area contributed by atoms with Gasteiger partial charge in [0.05, 0.1) is 5.69 Å². The number of aliphatic hydroxyl groups excluding tert-OH is 1. The SMILES string of the molecule is O=C(O)c1nc(CN2CCC(CCO)C2)cs1. The standard InChI is InChI=1S/C11H16N2O3S/c14-4-2-8-1-3-13(5-8)6-9-7-17-10(12-9)11(15)16/h7-8,14H,1-6H2,(H,15,16). The molecule has 5 nitrogen and oxygen atoms in total. The molecule has 1 aliphatic rings. The number of thiazole rings is 1. The molecule has 0 aromatic carbocycles. The lowest BCUT2D eigenvalue weighted by Crippen LogP contribution is -2.20. The largest absolute Gasteiger partial charge is 0.476 e. The fourth-order valence-electron chi connectivity index (χ4n) is 2.18. The van der Waals surface area contributed by atoms with Gasteiger partial charge in [-0.2, -0.15) is 0 Å². The van der Waals surface area contributed by atoms with Crippen LogP contribution in [0.1, 0.15) is 28.3 Å². The van der Waals surface area contributed by atoms with Gasteiger partial charge in [-0.3, -0.25) is 4.90 Å². The Morgan fingerprint density at radius 1 is 1.65 bits per heavy atom. The summed E-state index contributed by atoms with van der Waals surface area (Å²) in [5.74, 6) is -0.390. The van der Waals surface area contributed by atoms with Crippen molar-refractivity contribution in [3.8, 4) is 0 Å². The quantitative estimate of drug-likeness (QED) is 0.823. The minimum atomic E-state index is -0.958. The number of carbonyl (C=O) groups is 1. The average Bonchev–Trinajstić information content (AvgIpc) is 2.89. The second-order valence-corrected chi connectivity index (χ2v) is 5.21. The van der Waals surface area contributed by atoms with Crippen LogP contribution in [0.5, 0.6) is 0 Å². The monoisotopic (exact) mass is 256 g/mol. The van der Waals surface area contributed by atoms with Gasteiger partial charge in [0, 0.05) is 25.1 Å². The predicted molar refractivity (Wildman–Crippen MR) is 64.2 cm³/mol. The first-order valence-electron chi connectivity index (χ1n) is 5.70. The summed E-state index contributed by atoms with van der Waals surface area (Å²) in [5, 5.41) is 19.6. The van der Waals surface area contributed by atoms with E-state index in [0.717, 1.165) is 31.6 Å². The number of hydrogen-bond acceptors (Lipinski definition) is 5. The van der Waals surface area contributed by atoms with E-state index in [9.17, 15) is 4.79 Å². The van der Waals surface area contributed by atoms with Gasteiger partial charge in [0.1, 0.15) is 0 Å². The van der Waals surface area contributed by atoms with Gasteiger partial charge in [-0.05, 0) is 25.3 Å². The Kier molecular flexibility index (Phi) is 4.09. The summed E-state index contributed by atoms with van der Waals surface area (Å²) in [6, 6.07) is 0. The van der Waals surface area contributed by atoms with Crippen LogP contribution in [0, 0.1) is 5.92 Å². The van der Waals surface area contributed by atoms with Gasteiger partial charge in [0.2, 0.25) is 5.01 Å². The summed E-state index contributed by atoms with van der Waals surface area (Å²) in [6.45, 7) is 2.94. The lowest BCUT2D eigenvalue weighted by molar-refractivity contribution is 0.0696. The van der Waals surface area contributed by atoms with Crippen molar-refractivity contribution in [1.82, 2.24) is 9.88 Å². The highest BCUT2D eigenvalue weighted by Gasteiger charge is 2.22. The van der Waals surface area contributed by atoms with Crippen molar-refractivity contribution in [2.45, 2.75) is 19.4 Å². The number of carboxylic acids is 1. The molecule has 0 amide bonds. The van der Waals surface area contributed by atoms with E-state index in [2.05, 4.69) is 9.88 Å². The Balaban J connectivity index is 1.87. The number of rotatable bonds is 5. The molecule has 17 heavy (non-hydrogen) atoms. The average molecular weight is 256 g/mol. The zero-order valence-corrected chi connectivity index (χ0v) is 10.3. The maximum absolute atomic E-state index is 10.7. The first kappa shape index (κ1) is 12.5. The first-order valence-corrected chi connectivity index (χ1v) is 6.58. The summed E-state index contributed by atoms with van der Waals surface area (Å²) in [7, 11) is 0. The smallest absolute Gasteiger partial charge is 0.365 e. The van der Waals surface area contributed by atoms with Gasteiger partial charge in [-0.1, -0.05) is 0 Å². The van der Waals surface area contributed by atoms with Gasteiger partial charge < -0.3 is 10.2 Å². The van der Waals surface area contributed by atoms with E-state index < -0.39 is 5.97 Å². The molecule has 1 unspecified atom stereocenters. The lowest BCUT2D eigenvalue weighted by Gasteiger charge is -2.13. The van der Waals surface area contributed by atoms with E-state index in [4.69, 9.17) is 10.2 Å². The Bertz CT molecular complexity index is 394. The lowest BCUT2D eigenvalue weighted by atomic mass is 10.1. The van der Waals surface area contributed by atoms with Crippen molar-refractivity contribution < 1.29 is 15.0 Å². The Labute approximate surface area is 104 Å². The summed E-state index contributed by atoms with van der Waals surface area (Å²) >= 11 is 1.17. The zero-order valence-electron chi connectivity index (χ0n) is 9.50. The van der Waals surface area contributed by atoms with Crippen LogP contribution in [0.25, 0.3) is 0 Å². The highest BCUT2D eigenvalue weighted by atomic mass is 32.1. The first-order chi connectivity index (χ1) is 8.19. The number of nitrogens with zero attached hydrogens (tertiary/aromatic N) is 2. The molecule has 2 N–H and O–H groups in total. The number of aromatic carboxylic acids is 1. The molecule has 6 heteroatoms. The molecule has 2 heterocycles. The highest BCUT2D eigenvalue weighted by Crippen LogP contribution is 2.21. The number of hydrogen-bond donors (Lipinski definition) is 2. The Hall–Kier alpha value is -0.980. The van der Waals surface area contributed by atoms with Gasteiger partial charge in [-0.15, -0.1) is 11.3 Å². The topological polar surface area (TPSA) is 73.7 Å². The molecule has 0 bridgehead atoms. The van der Waals surface area contributed by atoms with Gasteiger partial charge in [0.25, 0.3) is 0 Å². The predicted octanol–water partition coefficient (Wildman–Crippen LogP) is 1.05. The molecular weight excluding hydrogens is 240 g/mol. The maximum atomic E-state index is 10.7. The fourth-order valence-corrected chi connectivity index (χ4v) is 2.83. The van der Waals surface area contributed by atoms with Crippen molar-refractivity contribution in [1.29, 1.82) is 0 Å². The van der Waals surface area contributed by atoms with Crippen LogP contribution in [0.3, 0.4) is 0 Å². The maximum Gasteiger partial charge on any atom is 0.365 e. The van der Waals surface area contributed by atoms with Crippen LogP contribution in [0.2, 0.25) is 0 Å². The van der Waals surface area contributed by atoms with Crippen LogP contribution < -0.4 is 0 Å². The Morgan fingerprint density at radius 2 is 2.47 bits per heavy atom. The van der Waals surface area contributed by atoms with Crippen molar-refractivity contribution in [2.75, 3.05) is 19.7 Å². The highest BCUT2D eigenvalue weighted by molar-refractivity contribution is 7.11. The molecule has 1 aromatic rings. The molecule has 1 aliphatic heterocycles. The molecule has 1 aromatic heterocycles. The molecule has 0 saturated carbocycles. The zero-order chi connectivity index (χ0) is 12.3. The molecule has 0 radical (unpaired) electrons. The minimum Gasteiger partial charge on any atom is -0.476 e. The molecular formula is C11H16N2O3S. The summed E-state index contributed by atoms with van der Waals surface area (Å²) in [6.07, 6.45) is 1.96. The Morgan fingerprint density at radius 3 is 3.12 bits per heavy atom. The van der Waals surface area contributed by atoms with Crippen LogP contribution in [-0.4, -0.2) is 45.8 Å². The van der Waals surface area contributed by atoms with Crippen molar-refractivity contribution in [3.05, 3.63) is 16.1 Å². The van der Waals surface area contributed by atoms with Crippen molar-refractivity contribution in [3.63, 3.8) is 0 Å². The number of aromatic nitrogens is 1. The molecule has 1 saturated heterocycles. The van der Waals surface area contributed by atoms with Crippen molar-refractivity contribution in [2.24, 2.45) is 5.92 Å². The molecule has 94 valence electrons. The van der Waals surface area contributed by atoms with Gasteiger partial charge >= 0.3 is 5.97 Å². The fraction of sp³-hybridized carbons (Fsp3) is 0.636. The number of carboxylic acid groups (broad SMARTS) is 1. The van der Waals surface area contributed by atoms with Gasteiger partial charge in [0.15, 0.2) is 0 Å². The molecule has 0 aliphatic carbocycles. The van der Waals surface area contributed by atoms with E-state index in [1.807, 2.05) is 5.38 Å². The second kappa shape index (κ2) is 5.57. The van der Waals surface area contributed by atoms with E-state index in [-0.39, 0.29) is 11.6 Å². The molecule has 0 spiro atoms. The normalized spacial score (nSPS) is 20.9. The van der Waals surface area contributed by atoms with E-state index in [1.54, 1.807) is 0 Å². The third kappa shape index (κ3) is 3.24. The number of aliphatic hydroxyl groups is 1. The van der Waals surface area contributed by atoms with E-state index >= 15 is 0 Å². The van der Waals surface area contributed by atoms with E-state index in [1.165, 1.54) is 11.3 Å². The summed E-state index contributed by atoms with van der Waals surface area (Å²) < 4.78 is 0. The minimum absolute atomic E-state index is 0.158. The summed E-state index contributed by atoms with van der Waals surface area (Å²) in [5.41, 5.74) is 0.831. The summed E-state index contributed by atoms with van der Waals surface area (Å²) in [4.78, 5) is 17.0. The van der Waals surface area contributed by atoms with Crippen LogP contribution in [0.4, 0.5) is 0 Å².